The number of carbonyl (C=O) groups excluding carboxylic acids is 3. The summed E-state index contributed by atoms with van der Waals surface area (Å²) in [7, 11) is 0. The number of hydrogen-bond acceptors (Lipinski definition) is 3. The highest BCUT2D eigenvalue weighted by Crippen LogP contribution is 2.28. The minimum Gasteiger partial charge on any atom is -0.352 e. The number of anilines is 1. The van der Waals surface area contributed by atoms with Crippen molar-refractivity contribution in [1.82, 2.24) is 10.6 Å². The van der Waals surface area contributed by atoms with Gasteiger partial charge in [0.1, 0.15) is 0 Å². The molecule has 0 fully saturated rings. The largest absolute Gasteiger partial charge is 0.352 e. The second-order valence-electron chi connectivity index (χ2n) is 6.53. The fourth-order valence-electron chi connectivity index (χ4n) is 3.15. The van der Waals surface area contributed by atoms with Crippen LogP contribution in [0.1, 0.15) is 34.8 Å². The van der Waals surface area contributed by atoms with Crippen LogP contribution in [0.2, 0.25) is 0 Å². The molecule has 140 valence electrons. The molecule has 0 atom stereocenters. The van der Waals surface area contributed by atoms with Crippen LogP contribution in [0, 0.1) is 0 Å². The molecule has 2 aromatic rings. The van der Waals surface area contributed by atoms with Gasteiger partial charge in [-0.1, -0.05) is 30.3 Å². The van der Waals surface area contributed by atoms with Crippen LogP contribution >= 0.6 is 0 Å². The van der Waals surface area contributed by atoms with Gasteiger partial charge < -0.3 is 15.5 Å². The van der Waals surface area contributed by atoms with Crippen molar-refractivity contribution in [3.8, 4) is 0 Å². The maximum absolute atomic E-state index is 12.3. The van der Waals surface area contributed by atoms with Gasteiger partial charge in [0, 0.05) is 44.2 Å². The second kappa shape index (κ2) is 8.49. The maximum atomic E-state index is 12.3. The van der Waals surface area contributed by atoms with Gasteiger partial charge in [-0.05, 0) is 35.7 Å². The van der Waals surface area contributed by atoms with E-state index in [9.17, 15) is 14.4 Å². The van der Waals surface area contributed by atoms with Gasteiger partial charge >= 0.3 is 0 Å². The van der Waals surface area contributed by atoms with Gasteiger partial charge in [-0.25, -0.2) is 0 Å². The molecule has 0 bridgehead atoms. The van der Waals surface area contributed by atoms with Gasteiger partial charge in [0.15, 0.2) is 0 Å². The molecule has 1 aliphatic rings. The first-order valence-corrected chi connectivity index (χ1v) is 9.04. The summed E-state index contributed by atoms with van der Waals surface area (Å²) in [5, 5.41) is 5.61. The highest BCUT2D eigenvalue weighted by molar-refractivity contribution is 5.98. The van der Waals surface area contributed by atoms with E-state index in [1.54, 1.807) is 17.9 Å². The molecule has 6 heteroatoms. The third kappa shape index (κ3) is 4.73. The Kier molecular flexibility index (Phi) is 5.86. The summed E-state index contributed by atoms with van der Waals surface area (Å²) in [6.45, 7) is 2.94. The summed E-state index contributed by atoms with van der Waals surface area (Å²) in [5.41, 5.74) is 3.45. The van der Waals surface area contributed by atoms with E-state index in [1.807, 2.05) is 42.5 Å². The first kappa shape index (κ1) is 18.6. The third-order valence-corrected chi connectivity index (χ3v) is 4.59. The van der Waals surface area contributed by atoms with Crippen LogP contribution in [0.15, 0.2) is 48.5 Å². The number of carbonyl (C=O) groups is 3. The molecule has 1 aliphatic heterocycles. The van der Waals surface area contributed by atoms with Gasteiger partial charge in [-0.2, -0.15) is 0 Å². The van der Waals surface area contributed by atoms with Crippen molar-refractivity contribution >= 4 is 23.4 Å². The summed E-state index contributed by atoms with van der Waals surface area (Å²) in [6.07, 6.45) is 0.972. The number of benzene rings is 2. The van der Waals surface area contributed by atoms with E-state index in [0.717, 1.165) is 23.2 Å². The Morgan fingerprint density at radius 1 is 1.04 bits per heavy atom. The normalized spacial score (nSPS) is 12.4. The zero-order chi connectivity index (χ0) is 19.2. The Hall–Kier alpha value is -3.15. The molecule has 1 heterocycles. The first-order chi connectivity index (χ1) is 13.0. The molecular weight excluding hydrogens is 342 g/mol. The van der Waals surface area contributed by atoms with Crippen molar-refractivity contribution in [3.63, 3.8) is 0 Å². The third-order valence-electron chi connectivity index (χ3n) is 4.59. The van der Waals surface area contributed by atoms with Crippen LogP contribution in [0.5, 0.6) is 0 Å². The van der Waals surface area contributed by atoms with Crippen molar-refractivity contribution in [2.24, 2.45) is 0 Å². The molecule has 3 amide bonds. The van der Waals surface area contributed by atoms with Crippen LogP contribution in [0.25, 0.3) is 0 Å². The first-order valence-electron chi connectivity index (χ1n) is 9.04. The number of nitrogens with one attached hydrogen (secondary N) is 2. The Bertz CT molecular complexity index is 849. The van der Waals surface area contributed by atoms with E-state index in [1.165, 1.54) is 0 Å². The lowest BCUT2D eigenvalue weighted by Gasteiger charge is -2.14. The monoisotopic (exact) mass is 365 g/mol. The van der Waals surface area contributed by atoms with Gasteiger partial charge in [-0.15, -0.1) is 0 Å². The number of nitrogens with zero attached hydrogens (tertiary/aromatic N) is 1. The predicted molar refractivity (Wildman–Crippen MR) is 103 cm³/mol. The highest BCUT2D eigenvalue weighted by atomic mass is 16.2. The zero-order valence-corrected chi connectivity index (χ0v) is 15.3. The minimum absolute atomic E-state index is 0.00691. The predicted octanol–water partition coefficient (Wildman–Crippen LogP) is 2.03. The summed E-state index contributed by atoms with van der Waals surface area (Å²) >= 11 is 0. The summed E-state index contributed by atoms with van der Waals surface area (Å²) in [6, 6.07) is 15.0. The summed E-state index contributed by atoms with van der Waals surface area (Å²) < 4.78 is 0. The topological polar surface area (TPSA) is 78.5 Å². The Balaban J connectivity index is 1.46. The highest BCUT2D eigenvalue weighted by Gasteiger charge is 2.23. The molecule has 6 nitrogen and oxygen atoms in total. The van der Waals surface area contributed by atoms with Crippen LogP contribution in [-0.4, -0.2) is 30.8 Å². The van der Waals surface area contributed by atoms with Crippen molar-refractivity contribution in [2.45, 2.75) is 26.3 Å². The average Bonchev–Trinajstić information content (AvgIpc) is 3.10. The second-order valence-corrected chi connectivity index (χ2v) is 6.53. The van der Waals surface area contributed by atoms with Crippen LogP contribution in [0.4, 0.5) is 5.69 Å². The standard InChI is InChI=1S/C21H23N3O3/c1-15(25)24-12-10-17-13-18(7-8-19(17)24)21(27)22-11-9-20(26)23-14-16-5-3-2-4-6-16/h2-8,13H,9-12,14H2,1H3,(H,22,27)(H,23,26). The van der Waals surface area contributed by atoms with Crippen molar-refractivity contribution in [3.05, 3.63) is 65.2 Å². The molecule has 2 aromatic carbocycles. The number of rotatable bonds is 6. The fourth-order valence-corrected chi connectivity index (χ4v) is 3.15. The molecule has 3 rings (SSSR count). The molecule has 0 spiro atoms. The van der Waals surface area contributed by atoms with E-state index in [0.29, 0.717) is 18.7 Å². The number of amides is 3. The van der Waals surface area contributed by atoms with Crippen LogP contribution in [0.3, 0.4) is 0 Å². The van der Waals surface area contributed by atoms with Crippen molar-refractivity contribution < 1.29 is 14.4 Å². The van der Waals surface area contributed by atoms with E-state index >= 15 is 0 Å². The van der Waals surface area contributed by atoms with Gasteiger partial charge in [0.25, 0.3) is 5.91 Å². The van der Waals surface area contributed by atoms with Crippen molar-refractivity contribution in [1.29, 1.82) is 0 Å². The Labute approximate surface area is 158 Å². The summed E-state index contributed by atoms with van der Waals surface area (Å²) in [5.74, 6) is -0.312. The number of hydrogen-bond donors (Lipinski definition) is 2. The van der Waals surface area contributed by atoms with Crippen LogP contribution < -0.4 is 15.5 Å². The molecule has 2 N–H and O–H groups in total. The Morgan fingerprint density at radius 3 is 2.56 bits per heavy atom. The smallest absolute Gasteiger partial charge is 0.251 e. The van der Waals surface area contributed by atoms with E-state index in [4.69, 9.17) is 0 Å². The van der Waals surface area contributed by atoms with E-state index < -0.39 is 0 Å². The molecule has 27 heavy (non-hydrogen) atoms. The lowest BCUT2D eigenvalue weighted by molar-refractivity contribution is -0.121. The Morgan fingerprint density at radius 2 is 1.81 bits per heavy atom. The molecular formula is C21H23N3O3. The van der Waals surface area contributed by atoms with Gasteiger partial charge in [-0.3, -0.25) is 14.4 Å². The molecule has 0 saturated heterocycles. The minimum atomic E-state index is -0.213. The molecule has 0 aromatic heterocycles. The SMILES string of the molecule is CC(=O)N1CCc2cc(C(=O)NCCC(=O)NCc3ccccc3)ccc21. The summed E-state index contributed by atoms with van der Waals surface area (Å²) in [4.78, 5) is 37.5. The quantitative estimate of drug-likeness (QED) is 0.822. The average molecular weight is 365 g/mol. The number of fused-ring (bicyclic) bond motifs is 1. The van der Waals surface area contributed by atoms with Gasteiger partial charge in [0.2, 0.25) is 11.8 Å². The molecule has 0 saturated carbocycles. The van der Waals surface area contributed by atoms with Crippen LogP contribution in [-0.2, 0) is 22.6 Å². The van der Waals surface area contributed by atoms with Gasteiger partial charge in [0.05, 0.1) is 0 Å². The van der Waals surface area contributed by atoms with E-state index in [2.05, 4.69) is 10.6 Å². The molecule has 0 radical (unpaired) electrons. The maximum Gasteiger partial charge on any atom is 0.251 e. The fraction of sp³-hybridized carbons (Fsp3) is 0.286. The molecule has 0 unspecified atom stereocenters. The lowest BCUT2D eigenvalue weighted by Crippen LogP contribution is -2.30. The van der Waals surface area contributed by atoms with Crippen molar-refractivity contribution in [2.75, 3.05) is 18.0 Å². The zero-order valence-electron chi connectivity index (χ0n) is 15.3. The molecule has 0 aliphatic carbocycles. The van der Waals surface area contributed by atoms with E-state index in [-0.39, 0.29) is 30.7 Å². The lowest BCUT2D eigenvalue weighted by atomic mass is 10.1.